The van der Waals surface area contributed by atoms with Gasteiger partial charge in [-0.05, 0) is 127 Å². The summed E-state index contributed by atoms with van der Waals surface area (Å²) in [6.07, 6.45) is 1.60. The molecule has 0 saturated carbocycles. The van der Waals surface area contributed by atoms with Gasteiger partial charge in [0.25, 0.3) is 0 Å². The van der Waals surface area contributed by atoms with Crippen molar-refractivity contribution in [2.45, 2.75) is 112 Å². The third kappa shape index (κ3) is 9.99. The van der Waals surface area contributed by atoms with Gasteiger partial charge in [0.15, 0.2) is 0 Å². The van der Waals surface area contributed by atoms with E-state index in [1.165, 1.54) is 24.3 Å². The standard InChI is InChI=1S/C65H66N3O.Pt/c1-39(2)48-30-49(40(3)4)32-52(31-48)46-23-26-60(43(9)29-46)68-61-20-16-19-56(62(61)67-64(68)58-37-50(41(5)6)36-57(42(7)8)63(58)69)53-33-51(44-17-14-13-15-18-44)34-54(35-53)59-38-47(27-28-66-59)45-21-24-55(25-22-45)65(10,11)12;/h13-34,36-42,69H,1-12H3;/q-1;/i9D3,10D3,11D3,12D3,39D,40D;. The van der Waals surface area contributed by atoms with Crippen molar-refractivity contribution in [3.8, 4) is 78.6 Å². The van der Waals surface area contributed by atoms with Gasteiger partial charge in [0.2, 0.25) is 0 Å². The predicted molar refractivity (Wildman–Crippen MR) is 292 cm³/mol. The van der Waals surface area contributed by atoms with Gasteiger partial charge in [-0.2, -0.15) is 0 Å². The molecule has 0 bridgehead atoms. The second-order valence-electron chi connectivity index (χ2n) is 19.1. The maximum Gasteiger partial charge on any atom is 0.148 e. The zero-order valence-electron chi connectivity index (χ0n) is 54.7. The van der Waals surface area contributed by atoms with Crippen molar-refractivity contribution in [1.82, 2.24) is 14.5 Å². The summed E-state index contributed by atoms with van der Waals surface area (Å²) in [7, 11) is 0. The molecule has 0 radical (unpaired) electrons. The number of hydrogen-bond donors (Lipinski definition) is 1. The van der Waals surface area contributed by atoms with Crippen molar-refractivity contribution in [3.63, 3.8) is 0 Å². The molecule has 2 aromatic heterocycles. The van der Waals surface area contributed by atoms with Crippen LogP contribution in [0, 0.1) is 12.9 Å². The Morgan fingerprint density at radius 3 is 1.90 bits per heavy atom. The molecule has 70 heavy (non-hydrogen) atoms. The molecule has 1 N–H and O–H groups in total. The normalized spacial score (nSPS) is 15.9. The van der Waals surface area contributed by atoms with E-state index >= 15 is 0 Å². The number of benzene rings is 7. The van der Waals surface area contributed by atoms with Crippen molar-refractivity contribution >= 4 is 11.0 Å². The van der Waals surface area contributed by atoms with Gasteiger partial charge in [-0.3, -0.25) is 9.55 Å². The Labute approximate surface area is 450 Å². The summed E-state index contributed by atoms with van der Waals surface area (Å²) in [6.45, 7) is 2.35. The van der Waals surface area contributed by atoms with Crippen LogP contribution < -0.4 is 0 Å². The zero-order chi connectivity index (χ0) is 60.7. The molecular formula is C65H66N3OPt-. The number of aryl methyl sites for hydroxylation is 1. The fraction of sp³-hybridized carbons (Fsp3) is 0.262. The summed E-state index contributed by atoms with van der Waals surface area (Å²) < 4.78 is 121. The first-order valence-electron chi connectivity index (χ1n) is 30.4. The summed E-state index contributed by atoms with van der Waals surface area (Å²) in [5.41, 5.74) is 7.62. The van der Waals surface area contributed by atoms with Crippen molar-refractivity contribution < 1.29 is 45.4 Å². The summed E-state index contributed by atoms with van der Waals surface area (Å²) in [5, 5.41) is 12.4. The van der Waals surface area contributed by atoms with Crippen LogP contribution in [0.3, 0.4) is 0 Å². The van der Waals surface area contributed by atoms with Gasteiger partial charge in [-0.25, -0.2) is 4.98 Å². The number of fused-ring (bicyclic) bond motifs is 1. The Morgan fingerprint density at radius 1 is 0.586 bits per heavy atom. The van der Waals surface area contributed by atoms with E-state index in [1.54, 1.807) is 52.1 Å². The smallest absolute Gasteiger partial charge is 0.148 e. The Kier molecular flexibility index (Phi) is 10.0. The minimum atomic E-state index is -3.42. The van der Waals surface area contributed by atoms with Crippen molar-refractivity contribution in [2.75, 3.05) is 0 Å². The van der Waals surface area contributed by atoms with Gasteiger partial charge in [-0.15, -0.1) is 23.8 Å². The van der Waals surface area contributed by atoms with Gasteiger partial charge in [0.05, 0.1) is 22.3 Å². The van der Waals surface area contributed by atoms with Gasteiger partial charge < -0.3 is 5.11 Å². The number of nitrogens with zero attached hydrogens (tertiary/aromatic N) is 3. The average Bonchev–Trinajstić information content (AvgIpc) is 0.909. The van der Waals surface area contributed by atoms with E-state index in [0.717, 1.165) is 16.7 Å². The molecule has 0 aliphatic heterocycles. The molecule has 2 heterocycles. The topological polar surface area (TPSA) is 50.9 Å². The van der Waals surface area contributed by atoms with E-state index in [1.807, 2.05) is 122 Å². The summed E-state index contributed by atoms with van der Waals surface area (Å²) >= 11 is 0. The molecule has 9 rings (SSSR count). The Bertz CT molecular complexity index is 3830. The first-order chi connectivity index (χ1) is 38.5. The molecule has 4 nitrogen and oxygen atoms in total. The minimum Gasteiger partial charge on any atom is -0.507 e. The third-order valence-electron chi connectivity index (χ3n) is 13.0. The maximum atomic E-state index is 12.4. The fourth-order valence-corrected chi connectivity index (χ4v) is 8.97. The van der Waals surface area contributed by atoms with Crippen LogP contribution in [-0.4, -0.2) is 19.6 Å². The molecule has 0 amide bonds. The summed E-state index contributed by atoms with van der Waals surface area (Å²) in [4.78, 5) is 10.2. The second kappa shape index (κ2) is 20.2. The first kappa shape index (κ1) is 34.9. The molecule has 5 heteroatoms. The SMILES string of the molecule is [2H]C([2H])([2H])c1cc(-c2cc(C([2H])(C)C)cc(C([2H])(C)C)c2)ccc1-n1c(-c2cc(C(C)C)cc(C(C)C)c2O)nc2c(-c3[c-]c(-c4cc(-c5ccc(C(C([2H])([2H])[2H])(C([2H])([2H])[2H])C([2H])([2H])[2H])cc5)ccn4)cc(-c4ccccc4)c3)cccc21.[Pt]. The Balaban J connectivity index is 0.00000920. The number of pyridine rings is 1. The van der Waals surface area contributed by atoms with Crippen molar-refractivity contribution in [3.05, 3.63) is 191 Å². The van der Waals surface area contributed by atoms with Crippen molar-refractivity contribution in [1.29, 1.82) is 0 Å². The summed E-state index contributed by atoms with van der Waals surface area (Å²) in [5.74, 6) is -1.76. The minimum absolute atomic E-state index is 0. The fourth-order valence-electron chi connectivity index (χ4n) is 8.97. The van der Waals surface area contributed by atoms with E-state index in [9.17, 15) is 5.11 Å². The van der Waals surface area contributed by atoms with Crippen LogP contribution in [0.4, 0.5) is 0 Å². The number of aromatic hydroxyl groups is 1. The number of phenols is 1. The molecular weight excluding hydrogens is 1030 g/mol. The molecule has 0 atom stereocenters. The predicted octanol–water partition coefficient (Wildman–Crippen LogP) is 18.0. The van der Waals surface area contributed by atoms with Gasteiger partial charge >= 0.3 is 0 Å². The van der Waals surface area contributed by atoms with Crippen LogP contribution in [0.15, 0.2) is 152 Å². The van der Waals surface area contributed by atoms with E-state index in [2.05, 4.69) is 19.9 Å². The quantitative estimate of drug-likeness (QED) is 0.131. The zero-order valence-corrected chi connectivity index (χ0v) is 43.0. The number of rotatable bonds is 11. The van der Waals surface area contributed by atoms with Crippen LogP contribution in [0.2, 0.25) is 0 Å². The molecule has 0 spiro atoms. The van der Waals surface area contributed by atoms with Crippen LogP contribution in [-0.2, 0) is 26.5 Å². The summed E-state index contributed by atoms with van der Waals surface area (Å²) in [6, 6.07) is 46.9. The molecule has 9 aromatic rings. The number of hydrogen-bond acceptors (Lipinski definition) is 3. The van der Waals surface area contributed by atoms with Gasteiger partial charge in [0, 0.05) is 52.1 Å². The van der Waals surface area contributed by atoms with Crippen LogP contribution in [0.25, 0.3) is 83.9 Å². The van der Waals surface area contributed by atoms with Crippen molar-refractivity contribution in [2.24, 2.45) is 0 Å². The Hall–Kier alpha value is -6.35. The van der Waals surface area contributed by atoms with E-state index in [-0.39, 0.29) is 49.8 Å². The first-order valence-corrected chi connectivity index (χ1v) is 23.4. The van der Waals surface area contributed by atoms with Crippen LogP contribution in [0.1, 0.15) is 152 Å². The van der Waals surface area contributed by atoms with Gasteiger partial charge in [0.1, 0.15) is 11.6 Å². The largest absolute Gasteiger partial charge is 0.507 e. The maximum absolute atomic E-state index is 12.4. The van der Waals surface area contributed by atoms with Crippen LogP contribution in [0.5, 0.6) is 5.75 Å². The monoisotopic (exact) mass is 1110 g/mol. The second-order valence-corrected chi connectivity index (χ2v) is 19.1. The van der Waals surface area contributed by atoms with Gasteiger partial charge in [-0.1, -0.05) is 196 Å². The number of aromatic nitrogens is 3. The molecule has 358 valence electrons. The number of para-hydroxylation sites is 1. The molecule has 0 unspecified atom stereocenters. The molecule has 0 aliphatic rings. The average molecular weight is 1110 g/mol. The molecule has 0 saturated heterocycles. The van der Waals surface area contributed by atoms with E-state index in [0.29, 0.717) is 89.4 Å². The van der Waals surface area contributed by atoms with E-state index in [4.69, 9.17) is 29.2 Å². The number of imidazole rings is 1. The van der Waals surface area contributed by atoms with Crippen LogP contribution >= 0.6 is 0 Å². The molecule has 7 aromatic carbocycles. The number of phenolic OH excluding ortho intramolecular Hbond substituents is 1. The Morgan fingerprint density at radius 2 is 1.24 bits per heavy atom. The molecule has 0 aliphatic carbocycles. The third-order valence-corrected chi connectivity index (χ3v) is 13.0. The van der Waals surface area contributed by atoms with E-state index < -0.39 is 44.6 Å². The molecule has 0 fully saturated rings.